The van der Waals surface area contributed by atoms with Gasteiger partial charge in [0.2, 0.25) is 0 Å². The summed E-state index contributed by atoms with van der Waals surface area (Å²) in [4.78, 5) is 11.3. The van der Waals surface area contributed by atoms with Gasteiger partial charge in [-0.15, -0.1) is 11.3 Å². The van der Waals surface area contributed by atoms with Crippen molar-refractivity contribution in [3.05, 3.63) is 28.5 Å². The predicted molar refractivity (Wildman–Crippen MR) is 68.7 cm³/mol. The second-order valence-corrected chi connectivity index (χ2v) is 4.49. The smallest absolute Gasteiger partial charge is 0.293 e. The summed E-state index contributed by atoms with van der Waals surface area (Å²) in [5, 5.41) is 4.42. The fourth-order valence-electron chi connectivity index (χ4n) is 1.78. The largest absolute Gasteiger partial charge is 0.493 e. The molecule has 0 bridgehead atoms. The van der Waals surface area contributed by atoms with E-state index in [0.29, 0.717) is 19.7 Å². The highest BCUT2D eigenvalue weighted by Crippen LogP contribution is 2.33. The molecule has 17 heavy (non-hydrogen) atoms. The van der Waals surface area contributed by atoms with E-state index in [1.807, 2.05) is 19.1 Å². The van der Waals surface area contributed by atoms with E-state index in [1.165, 1.54) is 10.3 Å². The molecule has 1 aromatic heterocycles. The number of carbonyl (C=O) groups excluding carboxylic acids is 1. The summed E-state index contributed by atoms with van der Waals surface area (Å²) >= 11 is 1.68. The second kappa shape index (κ2) is 5.68. The molecule has 1 heterocycles. The van der Waals surface area contributed by atoms with Crippen LogP contribution in [0.1, 0.15) is 11.8 Å². The van der Waals surface area contributed by atoms with Crippen LogP contribution < -0.4 is 4.74 Å². The fourth-order valence-corrected chi connectivity index (χ4v) is 2.79. The molecule has 0 radical (unpaired) electrons. The van der Waals surface area contributed by atoms with Crippen LogP contribution in [0.5, 0.6) is 5.75 Å². The molecule has 0 saturated carbocycles. The molecule has 1 aromatic carbocycles. The molecule has 2 aromatic rings. The molecule has 3 nitrogen and oxygen atoms in total. The number of fused-ring (bicyclic) bond motifs is 1. The fraction of sp³-hybridized carbons (Fsp3) is 0.308. The summed E-state index contributed by atoms with van der Waals surface area (Å²) in [6, 6.07) is 6.04. The summed E-state index contributed by atoms with van der Waals surface area (Å²) in [7, 11) is 0. The zero-order chi connectivity index (χ0) is 12.1. The molecule has 0 amide bonds. The van der Waals surface area contributed by atoms with Gasteiger partial charge in [0.1, 0.15) is 5.75 Å². The molecular weight excluding hydrogens is 236 g/mol. The lowest BCUT2D eigenvalue weighted by atomic mass is 10.1. The van der Waals surface area contributed by atoms with Gasteiger partial charge in [-0.3, -0.25) is 4.79 Å². The lowest BCUT2D eigenvalue weighted by Crippen LogP contribution is -1.95. The third-order valence-corrected chi connectivity index (χ3v) is 3.56. The van der Waals surface area contributed by atoms with E-state index >= 15 is 0 Å². The average Bonchev–Trinajstić information content (AvgIpc) is 2.75. The summed E-state index contributed by atoms with van der Waals surface area (Å²) in [6.45, 7) is 3.56. The monoisotopic (exact) mass is 250 g/mol. The molecule has 0 aliphatic carbocycles. The van der Waals surface area contributed by atoms with Gasteiger partial charge in [0.05, 0.1) is 13.2 Å². The third-order valence-electron chi connectivity index (χ3n) is 2.50. The SMILES string of the molecule is CCOc1cccc2c(CCOC=O)scc12. The van der Waals surface area contributed by atoms with Crippen molar-refractivity contribution in [2.24, 2.45) is 0 Å². The third kappa shape index (κ3) is 2.58. The number of benzene rings is 1. The van der Waals surface area contributed by atoms with Crippen molar-refractivity contribution in [2.75, 3.05) is 13.2 Å². The van der Waals surface area contributed by atoms with Crippen LogP contribution in [0.3, 0.4) is 0 Å². The number of carbonyl (C=O) groups is 1. The first-order valence-corrected chi connectivity index (χ1v) is 6.42. The lowest BCUT2D eigenvalue weighted by molar-refractivity contribution is -0.128. The molecular formula is C13H14O3S. The van der Waals surface area contributed by atoms with Crippen LogP contribution in [-0.4, -0.2) is 19.7 Å². The Labute approximate surface area is 104 Å². The number of hydrogen-bond acceptors (Lipinski definition) is 4. The summed E-state index contributed by atoms with van der Waals surface area (Å²) < 4.78 is 10.3. The summed E-state index contributed by atoms with van der Waals surface area (Å²) in [5.41, 5.74) is 0. The highest BCUT2D eigenvalue weighted by atomic mass is 32.1. The van der Waals surface area contributed by atoms with Crippen LogP contribution in [-0.2, 0) is 16.0 Å². The van der Waals surface area contributed by atoms with Crippen molar-refractivity contribution in [2.45, 2.75) is 13.3 Å². The molecule has 0 N–H and O–H groups in total. The van der Waals surface area contributed by atoms with Crippen LogP contribution in [0.25, 0.3) is 10.8 Å². The second-order valence-electron chi connectivity index (χ2n) is 3.53. The molecule has 0 atom stereocenters. The molecule has 0 fully saturated rings. The Bertz CT molecular complexity index is 504. The number of ether oxygens (including phenoxy) is 2. The van der Waals surface area contributed by atoms with Gasteiger partial charge in [-0.1, -0.05) is 12.1 Å². The molecule has 0 aliphatic rings. The van der Waals surface area contributed by atoms with Gasteiger partial charge in [0, 0.05) is 22.1 Å². The van der Waals surface area contributed by atoms with Crippen molar-refractivity contribution in [3.8, 4) is 5.75 Å². The van der Waals surface area contributed by atoms with Gasteiger partial charge in [0.25, 0.3) is 6.47 Å². The minimum atomic E-state index is 0.429. The Hall–Kier alpha value is -1.55. The van der Waals surface area contributed by atoms with Crippen LogP contribution in [0, 0.1) is 0 Å². The minimum absolute atomic E-state index is 0.429. The zero-order valence-corrected chi connectivity index (χ0v) is 10.5. The highest BCUT2D eigenvalue weighted by molar-refractivity contribution is 7.11. The zero-order valence-electron chi connectivity index (χ0n) is 9.64. The predicted octanol–water partition coefficient (Wildman–Crippen LogP) is 3.02. The van der Waals surface area contributed by atoms with Crippen molar-refractivity contribution in [3.63, 3.8) is 0 Å². The van der Waals surface area contributed by atoms with Crippen LogP contribution in [0.4, 0.5) is 0 Å². The van der Waals surface area contributed by atoms with Gasteiger partial charge >= 0.3 is 0 Å². The topological polar surface area (TPSA) is 35.5 Å². The quantitative estimate of drug-likeness (QED) is 0.584. The van der Waals surface area contributed by atoms with E-state index < -0.39 is 0 Å². The van der Waals surface area contributed by atoms with E-state index in [9.17, 15) is 4.79 Å². The Balaban J connectivity index is 2.27. The first-order chi connectivity index (χ1) is 8.36. The first-order valence-electron chi connectivity index (χ1n) is 5.54. The molecule has 90 valence electrons. The van der Waals surface area contributed by atoms with E-state index in [4.69, 9.17) is 9.47 Å². The number of hydrogen-bond donors (Lipinski definition) is 0. The maximum atomic E-state index is 10.1. The summed E-state index contributed by atoms with van der Waals surface area (Å²) in [6.07, 6.45) is 0.752. The number of thiophene rings is 1. The van der Waals surface area contributed by atoms with Crippen LogP contribution >= 0.6 is 11.3 Å². The van der Waals surface area contributed by atoms with E-state index in [2.05, 4.69) is 11.4 Å². The first kappa shape index (κ1) is 11.9. The van der Waals surface area contributed by atoms with Gasteiger partial charge in [-0.25, -0.2) is 0 Å². The highest BCUT2D eigenvalue weighted by Gasteiger charge is 2.08. The van der Waals surface area contributed by atoms with Crippen molar-refractivity contribution in [1.82, 2.24) is 0 Å². The van der Waals surface area contributed by atoms with Crippen molar-refractivity contribution >= 4 is 28.6 Å². The van der Waals surface area contributed by atoms with Gasteiger partial charge in [-0.2, -0.15) is 0 Å². The Kier molecular flexibility index (Phi) is 3.98. The molecule has 4 heteroatoms. The van der Waals surface area contributed by atoms with Crippen molar-refractivity contribution in [1.29, 1.82) is 0 Å². The van der Waals surface area contributed by atoms with Crippen LogP contribution in [0.2, 0.25) is 0 Å². The van der Waals surface area contributed by atoms with Gasteiger partial charge in [0.15, 0.2) is 0 Å². The maximum Gasteiger partial charge on any atom is 0.293 e. The molecule has 0 spiro atoms. The summed E-state index contributed by atoms with van der Waals surface area (Å²) in [5.74, 6) is 0.920. The molecule has 0 aliphatic heterocycles. The van der Waals surface area contributed by atoms with E-state index in [0.717, 1.165) is 17.6 Å². The lowest BCUT2D eigenvalue weighted by Gasteiger charge is -2.04. The molecule has 0 saturated heterocycles. The van der Waals surface area contributed by atoms with Gasteiger partial charge < -0.3 is 9.47 Å². The molecule has 2 rings (SSSR count). The van der Waals surface area contributed by atoms with Crippen LogP contribution in [0.15, 0.2) is 23.6 Å². The Morgan fingerprint density at radius 1 is 1.35 bits per heavy atom. The van der Waals surface area contributed by atoms with Gasteiger partial charge in [-0.05, 0) is 18.4 Å². The Morgan fingerprint density at radius 3 is 3.00 bits per heavy atom. The normalized spacial score (nSPS) is 10.4. The maximum absolute atomic E-state index is 10.1. The number of rotatable bonds is 6. The van der Waals surface area contributed by atoms with E-state index in [-0.39, 0.29) is 0 Å². The Morgan fingerprint density at radius 2 is 2.24 bits per heavy atom. The standard InChI is InChI=1S/C13H14O3S/c1-2-16-12-5-3-4-10-11(12)8-17-13(10)6-7-15-9-14/h3-5,8-9H,2,6-7H2,1H3. The van der Waals surface area contributed by atoms with E-state index in [1.54, 1.807) is 11.3 Å². The average molecular weight is 250 g/mol. The molecule has 0 unspecified atom stereocenters. The minimum Gasteiger partial charge on any atom is -0.493 e. The van der Waals surface area contributed by atoms with Crippen molar-refractivity contribution < 1.29 is 14.3 Å².